The van der Waals surface area contributed by atoms with Crippen LogP contribution in [0.3, 0.4) is 0 Å². The molecule has 0 aromatic rings. The van der Waals surface area contributed by atoms with Crippen molar-refractivity contribution >= 4 is 11.8 Å². The minimum absolute atomic E-state index is 0.682. The standard InChI is InChI=1S/C14H28S/c1-4-6-8-9-11-13(10-7-5-2)14(3)12-15-14/h13H,4-12H2,1-3H3. The molecule has 0 amide bonds. The first-order chi connectivity index (χ1) is 7.23. The van der Waals surface area contributed by atoms with Crippen LogP contribution >= 0.6 is 11.8 Å². The lowest BCUT2D eigenvalue weighted by Crippen LogP contribution is -2.19. The second kappa shape index (κ2) is 6.83. The Morgan fingerprint density at radius 1 is 1.00 bits per heavy atom. The summed E-state index contributed by atoms with van der Waals surface area (Å²) in [5, 5.41) is 0. The van der Waals surface area contributed by atoms with Gasteiger partial charge >= 0.3 is 0 Å². The molecule has 1 heterocycles. The Kier molecular flexibility index (Phi) is 6.11. The van der Waals surface area contributed by atoms with E-state index in [2.05, 4.69) is 32.5 Å². The Hall–Kier alpha value is 0.350. The van der Waals surface area contributed by atoms with Gasteiger partial charge in [0.25, 0.3) is 0 Å². The van der Waals surface area contributed by atoms with E-state index in [9.17, 15) is 0 Å². The van der Waals surface area contributed by atoms with Crippen molar-refractivity contribution in [3.05, 3.63) is 0 Å². The predicted octanol–water partition coefficient (Wildman–Crippen LogP) is 5.27. The van der Waals surface area contributed by atoms with Gasteiger partial charge in [-0.1, -0.05) is 52.4 Å². The van der Waals surface area contributed by atoms with E-state index >= 15 is 0 Å². The van der Waals surface area contributed by atoms with Crippen LogP contribution in [0.2, 0.25) is 0 Å². The van der Waals surface area contributed by atoms with Crippen LogP contribution in [0.15, 0.2) is 0 Å². The fraction of sp³-hybridized carbons (Fsp3) is 1.00. The zero-order valence-electron chi connectivity index (χ0n) is 10.8. The largest absolute Gasteiger partial charge is 0.153 e. The van der Waals surface area contributed by atoms with E-state index in [0.29, 0.717) is 4.75 Å². The molecule has 0 aliphatic carbocycles. The van der Waals surface area contributed by atoms with Crippen LogP contribution in [-0.4, -0.2) is 10.5 Å². The minimum Gasteiger partial charge on any atom is -0.153 e. The van der Waals surface area contributed by atoms with E-state index in [1.54, 1.807) is 0 Å². The van der Waals surface area contributed by atoms with E-state index in [4.69, 9.17) is 0 Å². The molecule has 2 unspecified atom stereocenters. The molecular weight excluding hydrogens is 200 g/mol. The molecule has 0 aromatic carbocycles. The molecule has 1 aliphatic heterocycles. The highest BCUT2D eigenvalue weighted by molar-refractivity contribution is 8.07. The first-order valence-corrected chi connectivity index (χ1v) is 7.85. The van der Waals surface area contributed by atoms with Crippen LogP contribution in [0, 0.1) is 5.92 Å². The van der Waals surface area contributed by atoms with Gasteiger partial charge in [-0.15, -0.1) is 0 Å². The fourth-order valence-electron chi connectivity index (χ4n) is 2.37. The number of unbranched alkanes of at least 4 members (excludes halogenated alkanes) is 4. The van der Waals surface area contributed by atoms with Crippen molar-refractivity contribution < 1.29 is 0 Å². The SMILES string of the molecule is CCCCCCC(CCCC)C1(C)CS1. The molecule has 0 nitrogen and oxygen atoms in total. The maximum Gasteiger partial charge on any atom is 0.0251 e. The molecule has 0 N–H and O–H groups in total. The van der Waals surface area contributed by atoms with Crippen LogP contribution in [0.1, 0.15) is 72.1 Å². The summed E-state index contributed by atoms with van der Waals surface area (Å²) in [7, 11) is 0. The average molecular weight is 228 g/mol. The van der Waals surface area contributed by atoms with E-state index in [-0.39, 0.29) is 0 Å². The molecule has 1 heteroatoms. The van der Waals surface area contributed by atoms with Gasteiger partial charge in [0.05, 0.1) is 0 Å². The normalized spacial score (nSPS) is 26.6. The Morgan fingerprint density at radius 3 is 2.13 bits per heavy atom. The summed E-state index contributed by atoms with van der Waals surface area (Å²) in [5.74, 6) is 2.44. The molecule has 0 saturated carbocycles. The van der Waals surface area contributed by atoms with Gasteiger partial charge in [-0.3, -0.25) is 0 Å². The van der Waals surface area contributed by atoms with E-state index < -0.39 is 0 Å². The molecule has 0 spiro atoms. The molecular formula is C14H28S. The summed E-state index contributed by atoms with van der Waals surface area (Å²) < 4.78 is 0.682. The van der Waals surface area contributed by atoms with Crippen LogP contribution in [0.5, 0.6) is 0 Å². The van der Waals surface area contributed by atoms with Crippen molar-refractivity contribution in [1.29, 1.82) is 0 Å². The zero-order valence-corrected chi connectivity index (χ0v) is 11.7. The van der Waals surface area contributed by atoms with Crippen LogP contribution < -0.4 is 0 Å². The maximum absolute atomic E-state index is 2.48. The molecule has 0 aromatic heterocycles. The molecule has 2 atom stereocenters. The van der Waals surface area contributed by atoms with E-state index in [1.165, 1.54) is 57.1 Å². The number of thioether (sulfide) groups is 1. The lowest BCUT2D eigenvalue weighted by atomic mass is 9.86. The van der Waals surface area contributed by atoms with Crippen molar-refractivity contribution in [3.63, 3.8) is 0 Å². The van der Waals surface area contributed by atoms with Crippen molar-refractivity contribution in [2.45, 2.75) is 76.9 Å². The summed E-state index contributed by atoms with van der Waals surface area (Å²) >= 11 is 2.19. The molecule has 1 fully saturated rings. The molecule has 0 bridgehead atoms. The van der Waals surface area contributed by atoms with Gasteiger partial charge in [-0.25, -0.2) is 0 Å². The van der Waals surface area contributed by atoms with Gasteiger partial charge in [0.1, 0.15) is 0 Å². The van der Waals surface area contributed by atoms with Crippen molar-refractivity contribution in [2.75, 3.05) is 5.75 Å². The Labute approximate surface area is 101 Å². The summed E-state index contributed by atoms with van der Waals surface area (Å²) in [6, 6.07) is 0. The van der Waals surface area contributed by atoms with Gasteiger partial charge in [-0.2, -0.15) is 11.8 Å². The second-order valence-corrected chi connectivity index (χ2v) is 6.80. The molecule has 90 valence electrons. The topological polar surface area (TPSA) is 0 Å². The molecule has 1 aliphatic rings. The highest BCUT2D eigenvalue weighted by Gasteiger charge is 2.44. The molecule has 0 radical (unpaired) electrons. The highest BCUT2D eigenvalue weighted by Crippen LogP contribution is 2.53. The summed E-state index contributed by atoms with van der Waals surface area (Å²) in [6.07, 6.45) is 11.5. The van der Waals surface area contributed by atoms with E-state index in [1.807, 2.05) is 0 Å². The lowest BCUT2D eigenvalue weighted by molar-refractivity contribution is 0.369. The second-order valence-electron chi connectivity index (χ2n) is 5.29. The predicted molar refractivity (Wildman–Crippen MR) is 72.6 cm³/mol. The van der Waals surface area contributed by atoms with Crippen LogP contribution in [0.25, 0.3) is 0 Å². The Bertz CT molecular complexity index is 161. The lowest BCUT2D eigenvalue weighted by Gasteiger charge is -2.22. The summed E-state index contributed by atoms with van der Waals surface area (Å²) in [5.41, 5.74) is 0. The minimum atomic E-state index is 0.682. The van der Waals surface area contributed by atoms with Gasteiger partial charge in [-0.05, 0) is 25.7 Å². The van der Waals surface area contributed by atoms with Crippen LogP contribution in [-0.2, 0) is 0 Å². The van der Waals surface area contributed by atoms with Crippen LogP contribution in [0.4, 0.5) is 0 Å². The van der Waals surface area contributed by atoms with Gasteiger partial charge < -0.3 is 0 Å². The van der Waals surface area contributed by atoms with Gasteiger partial charge in [0.15, 0.2) is 0 Å². The van der Waals surface area contributed by atoms with Gasteiger partial charge in [0, 0.05) is 10.5 Å². The monoisotopic (exact) mass is 228 g/mol. The third-order valence-electron chi connectivity index (χ3n) is 3.78. The first-order valence-electron chi connectivity index (χ1n) is 6.87. The first kappa shape index (κ1) is 13.4. The maximum atomic E-state index is 2.48. The Morgan fingerprint density at radius 2 is 1.60 bits per heavy atom. The average Bonchev–Trinajstić information content (AvgIpc) is 2.96. The molecule has 15 heavy (non-hydrogen) atoms. The van der Waals surface area contributed by atoms with Crippen molar-refractivity contribution in [2.24, 2.45) is 5.92 Å². The summed E-state index contributed by atoms with van der Waals surface area (Å²) in [6.45, 7) is 7.10. The summed E-state index contributed by atoms with van der Waals surface area (Å²) in [4.78, 5) is 0. The van der Waals surface area contributed by atoms with E-state index in [0.717, 1.165) is 5.92 Å². The van der Waals surface area contributed by atoms with Crippen molar-refractivity contribution in [1.82, 2.24) is 0 Å². The molecule has 1 saturated heterocycles. The number of hydrogen-bond donors (Lipinski definition) is 0. The fourth-order valence-corrected chi connectivity index (χ4v) is 3.31. The number of rotatable bonds is 9. The Balaban J connectivity index is 2.17. The highest BCUT2D eigenvalue weighted by atomic mass is 32.2. The molecule has 1 rings (SSSR count). The zero-order chi connectivity index (χ0) is 11.1. The third-order valence-corrected chi connectivity index (χ3v) is 5.31. The third kappa shape index (κ3) is 4.80. The number of hydrogen-bond acceptors (Lipinski definition) is 1. The quantitative estimate of drug-likeness (QED) is 0.383. The van der Waals surface area contributed by atoms with Gasteiger partial charge in [0.2, 0.25) is 0 Å². The van der Waals surface area contributed by atoms with Crippen molar-refractivity contribution in [3.8, 4) is 0 Å². The smallest absolute Gasteiger partial charge is 0.0251 e.